The molecule has 1 aromatic heterocycles. The van der Waals surface area contributed by atoms with Crippen LogP contribution in [0.25, 0.3) is 0 Å². The van der Waals surface area contributed by atoms with Crippen molar-refractivity contribution in [3.63, 3.8) is 0 Å². The molecule has 0 aliphatic carbocycles. The summed E-state index contributed by atoms with van der Waals surface area (Å²) in [4.78, 5) is 19.2. The summed E-state index contributed by atoms with van der Waals surface area (Å²) in [6.45, 7) is 0. The van der Waals surface area contributed by atoms with Crippen LogP contribution in [0.2, 0.25) is 5.15 Å². The molecule has 9 heteroatoms. The first kappa shape index (κ1) is 15.0. The highest BCUT2D eigenvalue weighted by Gasteiger charge is 2.32. The highest BCUT2D eigenvalue weighted by molar-refractivity contribution is 6.29. The first-order chi connectivity index (χ1) is 9.85. The highest BCUT2D eigenvalue weighted by Crippen LogP contribution is 2.30. The van der Waals surface area contributed by atoms with Gasteiger partial charge in [0, 0.05) is 0 Å². The first-order valence-corrected chi connectivity index (χ1v) is 5.86. The maximum absolute atomic E-state index is 12.3. The van der Waals surface area contributed by atoms with E-state index in [9.17, 15) is 18.0 Å². The van der Waals surface area contributed by atoms with Gasteiger partial charge in [0.25, 0.3) is 5.91 Å². The van der Waals surface area contributed by atoms with Crippen molar-refractivity contribution in [2.45, 2.75) is 6.36 Å². The zero-order valence-electron chi connectivity index (χ0n) is 10.2. The summed E-state index contributed by atoms with van der Waals surface area (Å²) in [5, 5.41) is 2.35. The summed E-state index contributed by atoms with van der Waals surface area (Å²) in [5.41, 5.74) is -0.238. The van der Waals surface area contributed by atoms with Gasteiger partial charge in [-0.3, -0.25) is 4.79 Å². The van der Waals surface area contributed by atoms with E-state index in [0.717, 1.165) is 18.5 Å². The topological polar surface area (TPSA) is 64.1 Å². The highest BCUT2D eigenvalue weighted by atomic mass is 35.5. The van der Waals surface area contributed by atoms with Gasteiger partial charge in [-0.1, -0.05) is 23.7 Å². The number of amides is 1. The van der Waals surface area contributed by atoms with Crippen molar-refractivity contribution in [3.8, 4) is 5.75 Å². The number of carbonyl (C=O) groups excluding carboxylic acids is 1. The summed E-state index contributed by atoms with van der Waals surface area (Å²) in [6.07, 6.45) is -2.61. The lowest BCUT2D eigenvalue weighted by atomic mass is 10.3. The molecule has 0 aliphatic heterocycles. The van der Waals surface area contributed by atoms with E-state index in [0.29, 0.717) is 0 Å². The van der Waals surface area contributed by atoms with Gasteiger partial charge < -0.3 is 10.1 Å². The number of ether oxygens (including phenoxy) is 1. The zero-order valence-corrected chi connectivity index (χ0v) is 10.9. The Bertz CT molecular complexity index is 647. The number of nitrogens with one attached hydrogen (secondary N) is 1. The molecule has 2 rings (SSSR count). The molecular formula is C12H7ClF3N3O2. The van der Waals surface area contributed by atoms with Crippen molar-refractivity contribution in [3.05, 3.63) is 47.5 Å². The van der Waals surface area contributed by atoms with Crippen LogP contribution >= 0.6 is 11.6 Å². The minimum absolute atomic E-state index is 0.0901. The van der Waals surface area contributed by atoms with Crippen molar-refractivity contribution >= 4 is 23.2 Å². The van der Waals surface area contributed by atoms with Crippen LogP contribution in [-0.2, 0) is 0 Å². The molecule has 0 bridgehead atoms. The Morgan fingerprint density at radius 1 is 1.19 bits per heavy atom. The van der Waals surface area contributed by atoms with Crippen molar-refractivity contribution < 1.29 is 22.7 Å². The van der Waals surface area contributed by atoms with Crippen molar-refractivity contribution in [2.75, 3.05) is 5.32 Å². The van der Waals surface area contributed by atoms with Gasteiger partial charge in [-0.05, 0) is 12.1 Å². The fourth-order valence-corrected chi connectivity index (χ4v) is 1.50. The minimum atomic E-state index is -4.86. The minimum Gasteiger partial charge on any atom is -0.404 e. The summed E-state index contributed by atoms with van der Waals surface area (Å²) >= 11 is 5.52. The van der Waals surface area contributed by atoms with Crippen LogP contribution < -0.4 is 10.1 Å². The van der Waals surface area contributed by atoms with Gasteiger partial charge >= 0.3 is 6.36 Å². The van der Waals surface area contributed by atoms with E-state index in [1.54, 1.807) is 0 Å². The molecule has 1 aromatic carbocycles. The fraction of sp³-hybridized carbons (Fsp3) is 0.0833. The Morgan fingerprint density at radius 3 is 2.52 bits per heavy atom. The van der Waals surface area contributed by atoms with Gasteiger partial charge in [0.1, 0.15) is 10.8 Å². The molecular weight excluding hydrogens is 311 g/mol. The number of aromatic nitrogens is 2. The molecule has 0 spiro atoms. The predicted octanol–water partition coefficient (Wildman–Crippen LogP) is 3.28. The van der Waals surface area contributed by atoms with Gasteiger partial charge in [-0.15, -0.1) is 13.2 Å². The van der Waals surface area contributed by atoms with Crippen LogP contribution in [0.4, 0.5) is 18.9 Å². The Hall–Kier alpha value is -2.35. The van der Waals surface area contributed by atoms with Crippen LogP contribution in [-0.4, -0.2) is 22.2 Å². The lowest BCUT2D eigenvalue weighted by Crippen LogP contribution is -2.20. The standard InChI is InChI=1S/C12H7ClF3N3O2/c13-10-6-17-8(5-18-10)11(20)19-7-3-1-2-4-9(7)21-12(14,15)16/h1-6H,(H,19,20). The fourth-order valence-electron chi connectivity index (χ4n) is 1.40. The van der Waals surface area contributed by atoms with Crippen LogP contribution in [0.3, 0.4) is 0 Å². The Balaban J connectivity index is 2.19. The molecule has 0 fully saturated rings. The number of halogens is 4. The van der Waals surface area contributed by atoms with E-state index in [1.165, 1.54) is 18.2 Å². The molecule has 5 nitrogen and oxygen atoms in total. The Kier molecular flexibility index (Phi) is 4.27. The van der Waals surface area contributed by atoms with Crippen molar-refractivity contribution in [1.82, 2.24) is 9.97 Å². The van der Waals surface area contributed by atoms with Gasteiger partial charge in [0.2, 0.25) is 0 Å². The number of anilines is 1. The van der Waals surface area contributed by atoms with E-state index in [2.05, 4.69) is 20.0 Å². The normalized spacial score (nSPS) is 11.0. The van der Waals surface area contributed by atoms with E-state index in [-0.39, 0.29) is 16.5 Å². The van der Waals surface area contributed by atoms with Crippen LogP contribution in [0.15, 0.2) is 36.7 Å². The number of rotatable bonds is 3. The number of nitrogens with zero attached hydrogens (tertiary/aromatic N) is 2. The predicted molar refractivity (Wildman–Crippen MR) is 68.1 cm³/mol. The molecule has 110 valence electrons. The van der Waals surface area contributed by atoms with Gasteiger partial charge in [0.05, 0.1) is 18.1 Å². The Labute approximate surface area is 121 Å². The summed E-state index contributed by atoms with van der Waals surface area (Å²) < 4.78 is 40.6. The van der Waals surface area contributed by atoms with Crippen LogP contribution in [0.5, 0.6) is 5.75 Å². The zero-order chi connectivity index (χ0) is 15.5. The number of carbonyl (C=O) groups is 1. The summed E-state index contributed by atoms with van der Waals surface area (Å²) in [7, 11) is 0. The van der Waals surface area contributed by atoms with Gasteiger partial charge in [-0.25, -0.2) is 9.97 Å². The number of benzene rings is 1. The molecule has 1 heterocycles. The molecule has 0 radical (unpaired) electrons. The molecule has 2 aromatic rings. The molecule has 1 amide bonds. The molecule has 0 saturated heterocycles. The average molecular weight is 318 g/mol. The van der Waals surface area contributed by atoms with Gasteiger partial charge in [0.15, 0.2) is 5.75 Å². The molecule has 0 atom stereocenters. The van der Waals surface area contributed by atoms with Crippen LogP contribution in [0, 0.1) is 0 Å². The summed E-state index contributed by atoms with van der Waals surface area (Å²) in [6, 6.07) is 5.14. The third-order valence-electron chi connectivity index (χ3n) is 2.21. The summed E-state index contributed by atoms with van der Waals surface area (Å²) in [5.74, 6) is -1.27. The average Bonchev–Trinajstić information content (AvgIpc) is 2.40. The van der Waals surface area contributed by atoms with E-state index < -0.39 is 18.0 Å². The lowest BCUT2D eigenvalue weighted by molar-refractivity contribution is -0.274. The number of alkyl halides is 3. The monoisotopic (exact) mass is 317 g/mol. The van der Waals surface area contributed by atoms with E-state index in [1.807, 2.05) is 0 Å². The lowest BCUT2D eigenvalue weighted by Gasteiger charge is -2.13. The maximum Gasteiger partial charge on any atom is 0.573 e. The molecule has 21 heavy (non-hydrogen) atoms. The quantitative estimate of drug-likeness (QED) is 0.943. The number of hydrogen-bond donors (Lipinski definition) is 1. The Morgan fingerprint density at radius 2 is 1.90 bits per heavy atom. The van der Waals surface area contributed by atoms with Crippen molar-refractivity contribution in [1.29, 1.82) is 0 Å². The third kappa shape index (κ3) is 4.32. The van der Waals surface area contributed by atoms with E-state index >= 15 is 0 Å². The van der Waals surface area contributed by atoms with Crippen LogP contribution in [0.1, 0.15) is 10.5 Å². The first-order valence-electron chi connectivity index (χ1n) is 5.49. The second-order valence-electron chi connectivity index (χ2n) is 3.72. The second kappa shape index (κ2) is 5.96. The SMILES string of the molecule is O=C(Nc1ccccc1OC(F)(F)F)c1cnc(Cl)cn1. The van der Waals surface area contributed by atoms with Gasteiger partial charge in [-0.2, -0.15) is 0 Å². The number of para-hydroxylation sites is 2. The molecule has 0 aliphatic rings. The van der Waals surface area contributed by atoms with Crippen molar-refractivity contribution in [2.24, 2.45) is 0 Å². The molecule has 1 N–H and O–H groups in total. The third-order valence-corrected chi connectivity index (χ3v) is 2.41. The maximum atomic E-state index is 12.3. The molecule has 0 saturated carbocycles. The smallest absolute Gasteiger partial charge is 0.404 e. The second-order valence-corrected chi connectivity index (χ2v) is 4.11. The largest absolute Gasteiger partial charge is 0.573 e. The molecule has 0 unspecified atom stereocenters. The number of hydrogen-bond acceptors (Lipinski definition) is 4. The van der Waals surface area contributed by atoms with E-state index in [4.69, 9.17) is 11.6 Å².